The van der Waals surface area contributed by atoms with Crippen molar-refractivity contribution in [1.29, 1.82) is 0 Å². The lowest BCUT2D eigenvalue weighted by molar-refractivity contribution is 0.383. The van der Waals surface area contributed by atoms with Crippen LogP contribution < -0.4 is 10.6 Å². The smallest absolute Gasteiger partial charge is 0.245 e. The van der Waals surface area contributed by atoms with Crippen molar-refractivity contribution in [2.45, 2.75) is 13.8 Å². The van der Waals surface area contributed by atoms with Crippen LogP contribution in [0.25, 0.3) is 5.65 Å². The average Bonchev–Trinajstić information content (AvgIpc) is 2.71. The summed E-state index contributed by atoms with van der Waals surface area (Å²) in [7, 11) is 1.91. The van der Waals surface area contributed by atoms with Gasteiger partial charge in [-0.1, -0.05) is 13.8 Å². The fraction of sp³-hybridized carbons (Fsp3) is 0.500. The maximum absolute atomic E-state index is 13.1. The topological polar surface area (TPSA) is 59.5 Å². The molecule has 0 fully saturated rings. The molecule has 2 aromatic rings. The van der Waals surface area contributed by atoms with Crippen molar-refractivity contribution < 1.29 is 4.39 Å². The third-order valence-electron chi connectivity index (χ3n) is 2.84. The fourth-order valence-electron chi connectivity index (χ4n) is 1.79. The number of hydrogen-bond donors (Lipinski definition) is 1. The molecule has 0 unspecified atom stereocenters. The first-order valence-corrected chi connectivity index (χ1v) is 5.84. The Hall–Kier alpha value is -1.69. The van der Waals surface area contributed by atoms with Gasteiger partial charge in [-0.05, 0) is 24.1 Å². The van der Waals surface area contributed by atoms with E-state index in [1.54, 1.807) is 6.07 Å². The Bertz CT molecular complexity index is 548. The van der Waals surface area contributed by atoms with Crippen molar-refractivity contribution in [3.05, 3.63) is 24.1 Å². The van der Waals surface area contributed by atoms with Crippen LogP contribution in [0.4, 0.5) is 10.3 Å². The second kappa shape index (κ2) is 4.53. The molecule has 2 heterocycles. The molecule has 2 N–H and O–H groups in total. The van der Waals surface area contributed by atoms with Gasteiger partial charge in [-0.2, -0.15) is 4.98 Å². The van der Waals surface area contributed by atoms with Gasteiger partial charge < -0.3 is 10.6 Å². The van der Waals surface area contributed by atoms with Gasteiger partial charge in [0, 0.05) is 13.6 Å². The van der Waals surface area contributed by atoms with Gasteiger partial charge in [0.15, 0.2) is 5.65 Å². The molecule has 6 heteroatoms. The minimum Gasteiger partial charge on any atom is -0.342 e. The first-order valence-electron chi connectivity index (χ1n) is 5.84. The van der Waals surface area contributed by atoms with Gasteiger partial charge in [0.25, 0.3) is 0 Å². The maximum atomic E-state index is 13.1. The predicted octanol–water partition coefficient (Wildman–Crippen LogP) is 1.29. The molecule has 0 spiro atoms. The standard InChI is InChI=1S/C12H18FN5/c1-12(2,7-14)8-17(3)11-15-10-5-4-9(13)6-18(10)16-11/h4-6H,7-8,14H2,1-3H3. The largest absolute Gasteiger partial charge is 0.342 e. The quantitative estimate of drug-likeness (QED) is 0.889. The lowest BCUT2D eigenvalue weighted by Gasteiger charge is -2.28. The van der Waals surface area contributed by atoms with E-state index in [1.165, 1.54) is 16.8 Å². The highest BCUT2D eigenvalue weighted by molar-refractivity contribution is 5.44. The summed E-state index contributed by atoms with van der Waals surface area (Å²) in [5.41, 5.74) is 6.32. The van der Waals surface area contributed by atoms with E-state index in [2.05, 4.69) is 23.9 Å². The van der Waals surface area contributed by atoms with Crippen molar-refractivity contribution in [1.82, 2.24) is 14.6 Å². The Morgan fingerprint density at radius 1 is 1.44 bits per heavy atom. The molecule has 0 bridgehead atoms. The van der Waals surface area contributed by atoms with Crippen LogP contribution in [-0.4, -0.2) is 34.7 Å². The highest BCUT2D eigenvalue weighted by Gasteiger charge is 2.20. The zero-order chi connectivity index (χ0) is 13.3. The average molecular weight is 251 g/mol. The van der Waals surface area contributed by atoms with Crippen LogP contribution >= 0.6 is 0 Å². The zero-order valence-electron chi connectivity index (χ0n) is 10.9. The van der Waals surface area contributed by atoms with Gasteiger partial charge in [0.1, 0.15) is 5.82 Å². The lowest BCUT2D eigenvalue weighted by atomic mass is 9.93. The molecule has 2 aromatic heterocycles. The van der Waals surface area contributed by atoms with Crippen molar-refractivity contribution in [2.24, 2.45) is 11.1 Å². The van der Waals surface area contributed by atoms with E-state index in [9.17, 15) is 4.39 Å². The number of aromatic nitrogens is 3. The van der Waals surface area contributed by atoms with Gasteiger partial charge in [-0.25, -0.2) is 8.91 Å². The molecule has 0 aliphatic carbocycles. The number of anilines is 1. The monoisotopic (exact) mass is 251 g/mol. The summed E-state index contributed by atoms with van der Waals surface area (Å²) in [5.74, 6) is 0.242. The van der Waals surface area contributed by atoms with E-state index < -0.39 is 0 Å². The number of nitrogens with two attached hydrogens (primary N) is 1. The SMILES string of the molecule is CN(CC(C)(C)CN)c1nc2ccc(F)cn2n1. The minimum absolute atomic E-state index is 0.0164. The first-order chi connectivity index (χ1) is 8.41. The van der Waals surface area contributed by atoms with Crippen LogP contribution in [0.2, 0.25) is 0 Å². The normalized spacial score (nSPS) is 12.1. The molecule has 0 saturated carbocycles. The molecule has 98 valence electrons. The predicted molar refractivity (Wildman–Crippen MR) is 69.1 cm³/mol. The highest BCUT2D eigenvalue weighted by atomic mass is 19.1. The Labute approximate surface area is 105 Å². The van der Waals surface area contributed by atoms with Gasteiger partial charge in [0.2, 0.25) is 5.95 Å². The van der Waals surface area contributed by atoms with Crippen LogP contribution in [0.3, 0.4) is 0 Å². The van der Waals surface area contributed by atoms with Crippen molar-refractivity contribution in [3.63, 3.8) is 0 Å². The molecule has 5 nitrogen and oxygen atoms in total. The fourth-order valence-corrected chi connectivity index (χ4v) is 1.79. The molecule has 0 saturated heterocycles. The summed E-state index contributed by atoms with van der Waals surface area (Å²) >= 11 is 0. The van der Waals surface area contributed by atoms with E-state index >= 15 is 0 Å². The van der Waals surface area contributed by atoms with E-state index in [0.29, 0.717) is 18.1 Å². The summed E-state index contributed by atoms with van der Waals surface area (Å²) in [6.07, 6.45) is 1.31. The molecule has 0 aliphatic heterocycles. The minimum atomic E-state index is -0.330. The maximum Gasteiger partial charge on any atom is 0.245 e. The summed E-state index contributed by atoms with van der Waals surface area (Å²) in [5, 5.41) is 4.24. The summed E-state index contributed by atoms with van der Waals surface area (Å²) in [4.78, 5) is 6.27. The van der Waals surface area contributed by atoms with E-state index in [0.717, 1.165) is 6.54 Å². The molecular weight excluding hydrogens is 233 g/mol. The van der Waals surface area contributed by atoms with Crippen LogP contribution in [-0.2, 0) is 0 Å². The van der Waals surface area contributed by atoms with E-state index in [4.69, 9.17) is 5.73 Å². The Kier molecular flexibility index (Phi) is 3.21. The zero-order valence-corrected chi connectivity index (χ0v) is 10.9. The van der Waals surface area contributed by atoms with E-state index in [1.807, 2.05) is 11.9 Å². The summed E-state index contributed by atoms with van der Waals surface area (Å²) in [6.45, 7) is 5.49. The third kappa shape index (κ3) is 2.59. The number of halogens is 1. The number of pyridine rings is 1. The second-order valence-corrected chi connectivity index (χ2v) is 5.29. The lowest BCUT2D eigenvalue weighted by Crippen LogP contribution is -2.37. The third-order valence-corrected chi connectivity index (χ3v) is 2.84. The van der Waals surface area contributed by atoms with Crippen LogP contribution in [0.5, 0.6) is 0 Å². The molecule has 0 amide bonds. The van der Waals surface area contributed by atoms with Gasteiger partial charge in [-0.3, -0.25) is 0 Å². The number of rotatable bonds is 4. The molecule has 2 rings (SSSR count). The van der Waals surface area contributed by atoms with Crippen LogP contribution in [0.1, 0.15) is 13.8 Å². The number of nitrogens with zero attached hydrogens (tertiary/aromatic N) is 4. The van der Waals surface area contributed by atoms with Crippen LogP contribution in [0.15, 0.2) is 18.3 Å². The Balaban J connectivity index is 2.25. The molecule has 0 radical (unpaired) electrons. The highest BCUT2D eigenvalue weighted by Crippen LogP contribution is 2.18. The van der Waals surface area contributed by atoms with Crippen molar-refractivity contribution in [2.75, 3.05) is 25.0 Å². The number of hydrogen-bond acceptors (Lipinski definition) is 4. The second-order valence-electron chi connectivity index (χ2n) is 5.29. The van der Waals surface area contributed by atoms with E-state index in [-0.39, 0.29) is 11.2 Å². The summed E-state index contributed by atoms with van der Waals surface area (Å²) in [6, 6.07) is 2.98. The van der Waals surface area contributed by atoms with Gasteiger partial charge in [0.05, 0.1) is 6.20 Å². The molecule has 0 aromatic carbocycles. The van der Waals surface area contributed by atoms with Crippen LogP contribution in [0, 0.1) is 11.2 Å². The molecular formula is C12H18FN5. The summed E-state index contributed by atoms with van der Waals surface area (Å²) < 4.78 is 14.5. The number of fused-ring (bicyclic) bond motifs is 1. The van der Waals surface area contributed by atoms with Crippen molar-refractivity contribution in [3.8, 4) is 0 Å². The first kappa shape index (κ1) is 12.8. The van der Waals surface area contributed by atoms with Gasteiger partial charge in [-0.15, -0.1) is 5.10 Å². The van der Waals surface area contributed by atoms with Crippen molar-refractivity contribution >= 4 is 11.6 Å². The van der Waals surface area contributed by atoms with Gasteiger partial charge >= 0.3 is 0 Å². The molecule has 0 aliphatic rings. The Morgan fingerprint density at radius 3 is 2.83 bits per heavy atom. The molecule has 18 heavy (non-hydrogen) atoms. The Morgan fingerprint density at radius 2 is 2.17 bits per heavy atom. The molecule has 0 atom stereocenters.